The number of nitrogens with one attached hydrogen (secondary N) is 2. The number of hydrogen-bond donors (Lipinski definition) is 2. The van der Waals surface area contributed by atoms with E-state index in [1.54, 1.807) is 17.8 Å². The van der Waals surface area contributed by atoms with Crippen molar-refractivity contribution in [1.82, 2.24) is 10.2 Å². The number of likely N-dealkylation sites (tertiary alicyclic amines) is 1. The summed E-state index contributed by atoms with van der Waals surface area (Å²) < 4.78 is 6.34. The zero-order valence-corrected chi connectivity index (χ0v) is 20.2. The van der Waals surface area contributed by atoms with Gasteiger partial charge in [-0.1, -0.05) is 43.6 Å². The highest BCUT2D eigenvalue weighted by atomic mass is 32.2. The molecule has 1 spiro atoms. The van der Waals surface area contributed by atoms with Crippen LogP contribution in [0.2, 0.25) is 0 Å². The fourth-order valence-electron chi connectivity index (χ4n) is 6.06. The number of nitrogens with zero attached hydrogens (tertiary/aromatic N) is 1. The number of benzene rings is 1. The molecule has 8 heteroatoms. The minimum atomic E-state index is -1.13. The molecule has 2 saturated heterocycles. The zero-order valence-electron chi connectivity index (χ0n) is 19.4. The van der Waals surface area contributed by atoms with E-state index in [-0.39, 0.29) is 30.3 Å². The average Bonchev–Trinajstić information content (AvgIpc) is 3.48. The third kappa shape index (κ3) is 3.77. The monoisotopic (exact) mass is 481 g/mol. The molecule has 1 aliphatic carbocycles. The van der Waals surface area contributed by atoms with Gasteiger partial charge in [0.15, 0.2) is 0 Å². The van der Waals surface area contributed by atoms with E-state index in [0.717, 1.165) is 30.6 Å². The van der Waals surface area contributed by atoms with Crippen LogP contribution in [0.4, 0.5) is 5.69 Å². The van der Waals surface area contributed by atoms with Crippen molar-refractivity contribution in [1.29, 1.82) is 0 Å². The Morgan fingerprint density at radius 3 is 2.79 bits per heavy atom. The lowest BCUT2D eigenvalue weighted by atomic mass is 9.74. The summed E-state index contributed by atoms with van der Waals surface area (Å²) in [7, 11) is 0. The van der Waals surface area contributed by atoms with Crippen LogP contribution in [0.3, 0.4) is 0 Å². The highest BCUT2D eigenvalue weighted by molar-refractivity contribution is 7.98. The molecule has 3 heterocycles. The Morgan fingerprint density at radius 1 is 1.26 bits per heavy atom. The van der Waals surface area contributed by atoms with Crippen LogP contribution >= 0.6 is 11.8 Å². The van der Waals surface area contributed by atoms with Crippen molar-refractivity contribution in [2.75, 3.05) is 18.1 Å². The van der Waals surface area contributed by atoms with Crippen LogP contribution in [0, 0.1) is 11.8 Å². The van der Waals surface area contributed by atoms with Gasteiger partial charge in [-0.3, -0.25) is 14.4 Å². The average molecular weight is 482 g/mol. The minimum Gasteiger partial charge on any atom is -0.359 e. The predicted octanol–water partition coefficient (Wildman–Crippen LogP) is 3.13. The van der Waals surface area contributed by atoms with Crippen LogP contribution in [0.1, 0.15) is 32.1 Å². The van der Waals surface area contributed by atoms with Crippen LogP contribution in [0.5, 0.6) is 0 Å². The van der Waals surface area contributed by atoms with Gasteiger partial charge in [0.25, 0.3) is 0 Å². The summed E-state index contributed by atoms with van der Waals surface area (Å²) in [5.41, 5.74) is -0.454. The summed E-state index contributed by atoms with van der Waals surface area (Å²) in [6, 6.07) is 6.90. The molecule has 7 nitrogen and oxygen atoms in total. The van der Waals surface area contributed by atoms with Crippen LogP contribution in [0.25, 0.3) is 0 Å². The summed E-state index contributed by atoms with van der Waals surface area (Å²) in [5, 5.41) is 6.14. The third-order valence-corrected chi connectivity index (χ3v) is 8.26. The summed E-state index contributed by atoms with van der Waals surface area (Å²) in [6.45, 7) is 4.01. The van der Waals surface area contributed by atoms with Crippen LogP contribution in [-0.2, 0) is 19.1 Å². The molecule has 2 N–H and O–H groups in total. The molecule has 0 radical (unpaired) electrons. The SMILES string of the molecule is C=CCN1C(=O)[C@@H]2[C@@H](C(=O)Nc3cccc(SC)c3)[C@@H]3C=C[C@@]2(O3)[C@@H]1C(=O)NC1CCCCC1. The number of ether oxygens (including phenoxy) is 1. The lowest BCUT2D eigenvalue weighted by Gasteiger charge is -2.33. The maximum absolute atomic E-state index is 13.6. The van der Waals surface area contributed by atoms with Crippen molar-refractivity contribution in [3.8, 4) is 0 Å². The number of anilines is 1. The molecule has 5 rings (SSSR count). The maximum atomic E-state index is 13.6. The number of amides is 3. The van der Waals surface area contributed by atoms with E-state index in [1.165, 1.54) is 11.3 Å². The topological polar surface area (TPSA) is 87.7 Å². The summed E-state index contributed by atoms with van der Waals surface area (Å²) in [6.07, 6.45) is 12.0. The minimum absolute atomic E-state index is 0.114. The molecule has 3 aliphatic heterocycles. The Morgan fingerprint density at radius 2 is 2.06 bits per heavy atom. The number of fused-ring (bicyclic) bond motifs is 1. The molecular weight excluding hydrogens is 450 g/mol. The predicted molar refractivity (Wildman–Crippen MR) is 131 cm³/mol. The first-order valence-corrected chi connectivity index (χ1v) is 13.2. The molecular formula is C26H31N3O4S. The van der Waals surface area contributed by atoms with E-state index >= 15 is 0 Å². The van der Waals surface area contributed by atoms with Gasteiger partial charge in [0.05, 0.1) is 17.9 Å². The molecule has 3 amide bonds. The van der Waals surface area contributed by atoms with Crippen molar-refractivity contribution in [3.63, 3.8) is 0 Å². The maximum Gasteiger partial charge on any atom is 0.246 e. The number of hydrogen-bond acceptors (Lipinski definition) is 5. The second-order valence-corrected chi connectivity index (χ2v) is 10.4. The van der Waals surface area contributed by atoms with Crippen molar-refractivity contribution in [2.45, 2.75) is 60.8 Å². The molecule has 2 bridgehead atoms. The lowest BCUT2D eigenvalue weighted by Crippen LogP contribution is -2.56. The summed E-state index contributed by atoms with van der Waals surface area (Å²) in [5.74, 6) is -2.14. The fraction of sp³-hybridized carbons (Fsp3) is 0.500. The van der Waals surface area contributed by atoms with Crippen molar-refractivity contribution in [2.24, 2.45) is 11.8 Å². The molecule has 0 unspecified atom stereocenters. The lowest BCUT2D eigenvalue weighted by molar-refractivity contribution is -0.140. The van der Waals surface area contributed by atoms with Gasteiger partial charge in [-0.25, -0.2) is 0 Å². The Balaban J connectivity index is 1.42. The van der Waals surface area contributed by atoms with Crippen LogP contribution in [0.15, 0.2) is 54.0 Å². The van der Waals surface area contributed by atoms with E-state index < -0.39 is 29.6 Å². The van der Waals surface area contributed by atoms with E-state index in [2.05, 4.69) is 17.2 Å². The number of rotatable bonds is 7. The largest absolute Gasteiger partial charge is 0.359 e. The first-order chi connectivity index (χ1) is 16.5. The van der Waals surface area contributed by atoms with E-state index in [9.17, 15) is 14.4 Å². The molecule has 1 saturated carbocycles. The van der Waals surface area contributed by atoms with Gasteiger partial charge in [0.2, 0.25) is 17.7 Å². The Hall–Kier alpha value is -2.58. The Bertz CT molecular complexity index is 1040. The molecule has 0 aromatic heterocycles. The van der Waals surface area contributed by atoms with Crippen LogP contribution < -0.4 is 10.6 Å². The second-order valence-electron chi connectivity index (χ2n) is 9.55. The number of thioether (sulfide) groups is 1. The first-order valence-electron chi connectivity index (χ1n) is 12.0. The molecule has 180 valence electrons. The summed E-state index contributed by atoms with van der Waals surface area (Å²) in [4.78, 5) is 43.2. The van der Waals surface area contributed by atoms with Gasteiger partial charge in [0, 0.05) is 23.2 Å². The van der Waals surface area contributed by atoms with Gasteiger partial charge < -0.3 is 20.3 Å². The normalized spacial score (nSPS) is 32.0. The van der Waals surface area contributed by atoms with Gasteiger partial charge >= 0.3 is 0 Å². The van der Waals surface area contributed by atoms with E-state index in [0.29, 0.717) is 5.69 Å². The molecule has 5 atom stereocenters. The molecule has 1 aromatic carbocycles. The molecule has 4 aliphatic rings. The van der Waals surface area contributed by atoms with Crippen molar-refractivity contribution >= 4 is 35.2 Å². The number of carbonyl (C=O) groups excluding carboxylic acids is 3. The van der Waals surface area contributed by atoms with E-state index in [1.807, 2.05) is 42.7 Å². The Kier molecular flexibility index (Phi) is 6.29. The fourth-order valence-corrected chi connectivity index (χ4v) is 6.52. The van der Waals surface area contributed by atoms with Gasteiger partial charge in [-0.15, -0.1) is 18.3 Å². The third-order valence-electron chi connectivity index (χ3n) is 7.54. The quantitative estimate of drug-likeness (QED) is 0.462. The smallest absolute Gasteiger partial charge is 0.246 e. The highest BCUT2D eigenvalue weighted by Gasteiger charge is 2.72. The van der Waals surface area contributed by atoms with Gasteiger partial charge in [-0.05, 0) is 37.3 Å². The Labute approximate surface area is 204 Å². The summed E-state index contributed by atoms with van der Waals surface area (Å²) >= 11 is 1.59. The standard InChI is InChI=1S/C26H31N3O4S/c1-3-14-29-22(24(31)27-16-8-5-4-6-9-16)26-13-12-19(33-26)20(21(26)25(29)32)23(30)28-17-10-7-11-18(15-17)34-2/h3,7,10-13,15-16,19-22H,1,4-6,8-9,14H2,2H3,(H,27,31)(H,28,30)/t19-,20-,21-,22-,26-/m0/s1. The first kappa shape index (κ1) is 23.2. The zero-order chi connectivity index (χ0) is 23.9. The molecule has 34 heavy (non-hydrogen) atoms. The number of carbonyl (C=O) groups is 3. The van der Waals surface area contributed by atoms with Crippen molar-refractivity contribution in [3.05, 3.63) is 49.1 Å². The van der Waals surface area contributed by atoms with Crippen molar-refractivity contribution < 1.29 is 19.1 Å². The molecule has 3 fully saturated rings. The molecule has 1 aromatic rings. The van der Waals surface area contributed by atoms with Gasteiger partial charge in [-0.2, -0.15) is 0 Å². The van der Waals surface area contributed by atoms with E-state index in [4.69, 9.17) is 4.74 Å². The highest BCUT2D eigenvalue weighted by Crippen LogP contribution is 2.55. The van der Waals surface area contributed by atoms with Gasteiger partial charge in [0.1, 0.15) is 11.6 Å². The van der Waals surface area contributed by atoms with Crippen LogP contribution in [-0.4, -0.2) is 59.2 Å². The second kappa shape index (κ2) is 9.23.